The predicted molar refractivity (Wildman–Crippen MR) is 114 cm³/mol. The predicted octanol–water partition coefficient (Wildman–Crippen LogP) is 3.30. The number of nitrogens with two attached hydrogens (primary N) is 1. The van der Waals surface area contributed by atoms with Crippen molar-refractivity contribution in [3.63, 3.8) is 0 Å². The zero-order chi connectivity index (χ0) is 21.5. The molecule has 2 aliphatic rings. The number of benzene rings is 2. The average molecular weight is 406 g/mol. The molecule has 2 aromatic carbocycles. The van der Waals surface area contributed by atoms with Crippen LogP contribution in [0, 0.1) is 12.8 Å². The van der Waals surface area contributed by atoms with Gasteiger partial charge in [-0.25, -0.2) is 0 Å². The topological polar surface area (TPSA) is 109 Å². The summed E-state index contributed by atoms with van der Waals surface area (Å²) in [6, 6.07) is 14.4. The van der Waals surface area contributed by atoms with Gasteiger partial charge in [-0.2, -0.15) is 0 Å². The lowest BCUT2D eigenvalue weighted by Crippen LogP contribution is -2.59. The zero-order valence-corrected chi connectivity index (χ0v) is 16.9. The Morgan fingerprint density at radius 3 is 2.63 bits per heavy atom. The summed E-state index contributed by atoms with van der Waals surface area (Å²) in [7, 11) is 0. The molecule has 4 atom stereocenters. The number of Topliss-reactive ketones (excluding diaryl/α,β-unsaturated/α-hetero) is 2. The molecule has 30 heavy (non-hydrogen) atoms. The Bertz CT molecular complexity index is 1020. The van der Waals surface area contributed by atoms with E-state index >= 15 is 0 Å². The number of rotatable bonds is 6. The number of para-hydroxylation sites is 1. The number of anilines is 1. The molecule has 0 bridgehead atoms. The van der Waals surface area contributed by atoms with Crippen molar-refractivity contribution in [3.8, 4) is 0 Å². The number of ketones is 2. The molecule has 1 aliphatic carbocycles. The summed E-state index contributed by atoms with van der Waals surface area (Å²) in [5, 5.41) is 13.7. The third-order valence-corrected chi connectivity index (χ3v) is 6.57. The lowest BCUT2D eigenvalue weighted by molar-refractivity contribution is -0.146. The van der Waals surface area contributed by atoms with Crippen molar-refractivity contribution in [2.24, 2.45) is 11.7 Å². The average Bonchev–Trinajstić information content (AvgIpc) is 3.18. The quantitative estimate of drug-likeness (QED) is 0.502. The van der Waals surface area contributed by atoms with E-state index in [0.717, 1.165) is 36.1 Å². The number of carboxylic acids is 1. The zero-order valence-electron chi connectivity index (χ0n) is 16.9. The van der Waals surface area contributed by atoms with E-state index in [0.29, 0.717) is 0 Å². The van der Waals surface area contributed by atoms with E-state index in [4.69, 9.17) is 5.73 Å². The van der Waals surface area contributed by atoms with Gasteiger partial charge in [0.05, 0.1) is 0 Å². The van der Waals surface area contributed by atoms with Crippen LogP contribution in [0.1, 0.15) is 53.1 Å². The standard InChI is InChI=1S/C24H26N2O4/c1-14-6-4-7-15(12-14)22(28)20(27)13-24(25,23(29)30)21-16-8-2-3-10-18(16)26-19-11-5-9-17(19)21/h2-4,6-8,10,12,17,19,21,26H,5,9,11,13,25H2,1H3,(H,29,30)/t17-,19+,21?,24?/m0/s1. The Hall–Kier alpha value is -2.99. The van der Waals surface area contributed by atoms with Crippen LogP contribution in [0.5, 0.6) is 0 Å². The molecule has 1 saturated carbocycles. The van der Waals surface area contributed by atoms with Crippen LogP contribution in [0.25, 0.3) is 0 Å². The van der Waals surface area contributed by atoms with Crippen LogP contribution in [0.2, 0.25) is 0 Å². The summed E-state index contributed by atoms with van der Waals surface area (Å²) in [6.45, 7) is 1.83. The summed E-state index contributed by atoms with van der Waals surface area (Å²) >= 11 is 0. The van der Waals surface area contributed by atoms with Crippen molar-refractivity contribution in [1.29, 1.82) is 0 Å². The first-order valence-corrected chi connectivity index (χ1v) is 10.3. The smallest absolute Gasteiger partial charge is 0.324 e. The van der Waals surface area contributed by atoms with E-state index in [2.05, 4.69) is 5.32 Å². The van der Waals surface area contributed by atoms with Gasteiger partial charge in [-0.3, -0.25) is 14.4 Å². The summed E-state index contributed by atoms with van der Waals surface area (Å²) in [5.41, 5.74) is 7.46. The van der Waals surface area contributed by atoms with Crippen molar-refractivity contribution in [1.82, 2.24) is 0 Å². The van der Waals surface area contributed by atoms with Crippen LogP contribution >= 0.6 is 0 Å². The van der Waals surface area contributed by atoms with Crippen LogP contribution < -0.4 is 11.1 Å². The molecule has 4 N–H and O–H groups in total. The van der Waals surface area contributed by atoms with Gasteiger partial charge in [-0.05, 0) is 43.4 Å². The van der Waals surface area contributed by atoms with E-state index in [1.807, 2.05) is 37.3 Å². The Morgan fingerprint density at radius 1 is 1.13 bits per heavy atom. The maximum atomic E-state index is 12.9. The van der Waals surface area contributed by atoms with Gasteiger partial charge in [0.25, 0.3) is 0 Å². The lowest BCUT2D eigenvalue weighted by atomic mass is 9.66. The second-order valence-corrected chi connectivity index (χ2v) is 8.55. The number of carbonyl (C=O) groups is 3. The van der Waals surface area contributed by atoms with Crippen molar-refractivity contribution in [2.75, 3.05) is 5.32 Å². The molecule has 6 heteroatoms. The van der Waals surface area contributed by atoms with E-state index in [1.165, 1.54) is 0 Å². The van der Waals surface area contributed by atoms with E-state index in [-0.39, 0.29) is 17.5 Å². The molecule has 4 rings (SSSR count). The SMILES string of the molecule is Cc1cccc(C(=O)C(=O)CC(N)(C(=O)O)C2c3ccccc3N[C@@H]3CCC[C@H]23)c1. The molecule has 1 heterocycles. The van der Waals surface area contributed by atoms with Crippen LogP contribution in [-0.4, -0.2) is 34.2 Å². The number of hydrogen-bond acceptors (Lipinski definition) is 5. The van der Waals surface area contributed by atoms with Gasteiger partial charge in [0.1, 0.15) is 5.54 Å². The first-order valence-electron chi connectivity index (χ1n) is 10.3. The van der Waals surface area contributed by atoms with Crippen LogP contribution in [-0.2, 0) is 9.59 Å². The molecule has 2 aromatic rings. The maximum Gasteiger partial charge on any atom is 0.324 e. The van der Waals surface area contributed by atoms with Gasteiger partial charge in [0.15, 0.2) is 0 Å². The highest BCUT2D eigenvalue weighted by molar-refractivity contribution is 6.44. The normalized spacial score (nSPS) is 24.1. The number of aliphatic carboxylic acids is 1. The summed E-state index contributed by atoms with van der Waals surface area (Å²) < 4.78 is 0. The molecule has 156 valence electrons. The first kappa shape index (κ1) is 20.3. The van der Waals surface area contributed by atoms with Gasteiger partial charge in [-0.15, -0.1) is 0 Å². The molecule has 1 fully saturated rings. The minimum Gasteiger partial charge on any atom is -0.480 e. The number of fused-ring (bicyclic) bond motifs is 2. The minimum atomic E-state index is -1.86. The molecule has 0 spiro atoms. The highest BCUT2D eigenvalue weighted by Crippen LogP contribution is 2.50. The molecular formula is C24H26N2O4. The second kappa shape index (κ2) is 7.69. The largest absolute Gasteiger partial charge is 0.480 e. The molecule has 6 nitrogen and oxygen atoms in total. The number of nitrogens with one attached hydrogen (secondary N) is 1. The number of carboxylic acid groups (broad SMARTS) is 1. The third kappa shape index (κ3) is 3.41. The fourth-order valence-corrected chi connectivity index (χ4v) is 5.17. The van der Waals surface area contributed by atoms with Gasteiger partial charge in [-0.1, -0.05) is 48.4 Å². The van der Waals surface area contributed by atoms with E-state index in [9.17, 15) is 19.5 Å². The van der Waals surface area contributed by atoms with Gasteiger partial charge >= 0.3 is 5.97 Å². The summed E-state index contributed by atoms with van der Waals surface area (Å²) in [6.07, 6.45) is 2.21. The lowest BCUT2D eigenvalue weighted by Gasteiger charge is -2.44. The fourth-order valence-electron chi connectivity index (χ4n) is 5.17. The van der Waals surface area contributed by atoms with Crippen LogP contribution in [0.15, 0.2) is 48.5 Å². The molecule has 0 aromatic heterocycles. The Balaban J connectivity index is 1.71. The Morgan fingerprint density at radius 2 is 1.90 bits per heavy atom. The minimum absolute atomic E-state index is 0.00266. The summed E-state index contributed by atoms with van der Waals surface area (Å²) in [5.74, 6) is -3.26. The van der Waals surface area contributed by atoms with Crippen molar-refractivity contribution >= 4 is 23.2 Å². The van der Waals surface area contributed by atoms with Gasteiger partial charge in [0, 0.05) is 29.6 Å². The number of hydrogen-bond donors (Lipinski definition) is 3. The van der Waals surface area contributed by atoms with Crippen molar-refractivity contribution in [3.05, 3.63) is 65.2 Å². The number of aryl methyl sites for hydroxylation is 1. The monoisotopic (exact) mass is 406 g/mol. The van der Waals surface area contributed by atoms with E-state index < -0.39 is 35.4 Å². The Kier molecular flexibility index (Phi) is 5.20. The first-order chi connectivity index (χ1) is 14.3. The van der Waals surface area contributed by atoms with Gasteiger partial charge < -0.3 is 16.2 Å². The molecule has 0 radical (unpaired) electrons. The fraction of sp³-hybridized carbons (Fsp3) is 0.375. The second-order valence-electron chi connectivity index (χ2n) is 8.55. The van der Waals surface area contributed by atoms with Crippen molar-refractivity contribution < 1.29 is 19.5 Å². The molecule has 2 unspecified atom stereocenters. The van der Waals surface area contributed by atoms with Crippen LogP contribution in [0.4, 0.5) is 5.69 Å². The summed E-state index contributed by atoms with van der Waals surface area (Å²) in [4.78, 5) is 38.1. The Labute approximate surface area is 175 Å². The van der Waals surface area contributed by atoms with Gasteiger partial charge in [0.2, 0.25) is 11.6 Å². The maximum absolute atomic E-state index is 12.9. The number of carbonyl (C=O) groups excluding carboxylic acids is 2. The van der Waals surface area contributed by atoms with Crippen LogP contribution in [0.3, 0.4) is 0 Å². The highest BCUT2D eigenvalue weighted by Gasteiger charge is 2.53. The molecule has 1 aliphatic heterocycles. The third-order valence-electron chi connectivity index (χ3n) is 6.57. The van der Waals surface area contributed by atoms with Crippen molar-refractivity contribution in [2.45, 2.75) is 50.1 Å². The molecule has 0 saturated heterocycles. The van der Waals surface area contributed by atoms with E-state index in [1.54, 1.807) is 18.2 Å². The molecular weight excluding hydrogens is 380 g/mol. The molecule has 0 amide bonds. The highest BCUT2D eigenvalue weighted by atomic mass is 16.4.